The van der Waals surface area contributed by atoms with Crippen LogP contribution in [0.2, 0.25) is 0 Å². The third kappa shape index (κ3) is 3.13. The number of halogens is 1. The first-order valence-electron chi connectivity index (χ1n) is 8.67. The van der Waals surface area contributed by atoms with Gasteiger partial charge in [0.25, 0.3) is 0 Å². The van der Waals surface area contributed by atoms with E-state index in [1.165, 1.54) is 23.5 Å². The number of aromatic nitrogens is 2. The highest BCUT2D eigenvalue weighted by Gasteiger charge is 2.33. The van der Waals surface area contributed by atoms with Gasteiger partial charge in [0.05, 0.1) is 17.7 Å². The van der Waals surface area contributed by atoms with Crippen molar-refractivity contribution in [2.24, 2.45) is 0 Å². The highest BCUT2D eigenvalue weighted by atomic mass is 32.2. The van der Waals surface area contributed by atoms with Gasteiger partial charge in [0, 0.05) is 30.6 Å². The van der Waals surface area contributed by atoms with Crippen LogP contribution in [0.25, 0.3) is 4.83 Å². The van der Waals surface area contributed by atoms with Crippen LogP contribution in [0.5, 0.6) is 5.75 Å². The topological polar surface area (TPSA) is 63.9 Å². The second-order valence-electron chi connectivity index (χ2n) is 6.62. The third-order valence-corrected chi connectivity index (χ3v) is 7.74. The van der Waals surface area contributed by atoms with Crippen molar-refractivity contribution in [3.8, 4) is 5.75 Å². The van der Waals surface area contributed by atoms with E-state index in [1.54, 1.807) is 11.3 Å². The van der Waals surface area contributed by atoms with Crippen LogP contribution >= 0.6 is 11.3 Å². The molecule has 9 heteroatoms. The van der Waals surface area contributed by atoms with Crippen LogP contribution in [0.3, 0.4) is 0 Å². The Kier molecular flexibility index (Phi) is 4.69. The fourth-order valence-corrected chi connectivity index (χ4v) is 6.09. The molecule has 6 nitrogen and oxygen atoms in total. The smallest absolute Gasteiger partial charge is 0.243 e. The molecule has 27 heavy (non-hydrogen) atoms. The highest BCUT2D eigenvalue weighted by Crippen LogP contribution is 2.34. The Hall–Kier alpha value is -1.97. The molecule has 4 rings (SSSR count). The molecule has 1 fully saturated rings. The number of fused-ring (bicyclic) bond motifs is 1. The van der Waals surface area contributed by atoms with Crippen molar-refractivity contribution in [2.75, 3.05) is 20.2 Å². The first-order valence-corrected chi connectivity index (χ1v) is 11.0. The maximum absolute atomic E-state index is 14.0. The lowest BCUT2D eigenvalue weighted by Gasteiger charge is -2.31. The van der Waals surface area contributed by atoms with E-state index in [0.717, 1.165) is 35.3 Å². The normalized spacial score (nSPS) is 18.9. The number of aryl methyl sites for hydroxylation is 1. The van der Waals surface area contributed by atoms with Crippen LogP contribution in [0, 0.1) is 12.7 Å². The quantitative estimate of drug-likeness (QED) is 0.662. The Morgan fingerprint density at radius 3 is 2.93 bits per heavy atom. The third-order valence-electron chi connectivity index (χ3n) is 4.99. The number of thiazole rings is 1. The summed E-state index contributed by atoms with van der Waals surface area (Å²) in [6, 6.07) is 3.76. The van der Waals surface area contributed by atoms with Gasteiger partial charge in [-0.15, -0.1) is 11.3 Å². The van der Waals surface area contributed by atoms with Crippen LogP contribution in [0.4, 0.5) is 4.39 Å². The van der Waals surface area contributed by atoms with Gasteiger partial charge in [-0.05, 0) is 38.0 Å². The molecule has 144 valence electrons. The Morgan fingerprint density at radius 2 is 2.19 bits per heavy atom. The Labute approximate surface area is 161 Å². The molecule has 0 amide bonds. The van der Waals surface area contributed by atoms with Crippen molar-refractivity contribution in [1.29, 1.82) is 0 Å². The molecule has 0 radical (unpaired) electrons. The van der Waals surface area contributed by atoms with E-state index in [0.29, 0.717) is 13.1 Å². The minimum atomic E-state index is -3.78. The second-order valence-corrected chi connectivity index (χ2v) is 9.45. The number of benzene rings is 1. The summed E-state index contributed by atoms with van der Waals surface area (Å²) in [5.41, 5.74) is 0.948. The summed E-state index contributed by atoms with van der Waals surface area (Å²) in [7, 11) is -2.43. The molecular formula is C18H20FN3O3S2. The lowest BCUT2D eigenvalue weighted by Crippen LogP contribution is -2.39. The lowest BCUT2D eigenvalue weighted by molar-refractivity contribution is 0.313. The molecule has 2 aromatic heterocycles. The van der Waals surface area contributed by atoms with Crippen LogP contribution in [-0.2, 0) is 10.0 Å². The van der Waals surface area contributed by atoms with Crippen molar-refractivity contribution < 1.29 is 17.5 Å². The van der Waals surface area contributed by atoms with Crippen LogP contribution < -0.4 is 4.74 Å². The summed E-state index contributed by atoms with van der Waals surface area (Å²) in [4.78, 5) is 5.68. The number of methoxy groups -OCH3 is 1. The molecule has 0 unspecified atom stereocenters. The number of rotatable bonds is 4. The molecule has 0 aliphatic carbocycles. The molecule has 3 aromatic rings. The van der Waals surface area contributed by atoms with Crippen molar-refractivity contribution in [1.82, 2.24) is 13.7 Å². The average Bonchev–Trinajstić information content (AvgIpc) is 3.26. The Morgan fingerprint density at radius 1 is 1.37 bits per heavy atom. The van der Waals surface area contributed by atoms with Gasteiger partial charge in [0.1, 0.15) is 10.7 Å². The fraction of sp³-hybridized carbons (Fsp3) is 0.389. The van der Waals surface area contributed by atoms with E-state index in [2.05, 4.69) is 4.98 Å². The SMILES string of the molecule is COc1ccc(S(=O)(=O)N2CCC[C@@H](c3nc(C)n4ccsc34)C2)cc1F. The fourth-order valence-electron chi connectivity index (χ4n) is 3.60. The minimum Gasteiger partial charge on any atom is -0.494 e. The van der Waals surface area contributed by atoms with E-state index >= 15 is 0 Å². The van der Waals surface area contributed by atoms with Gasteiger partial charge in [0.2, 0.25) is 10.0 Å². The molecule has 1 saturated heterocycles. The molecule has 3 heterocycles. The van der Waals surface area contributed by atoms with Gasteiger partial charge >= 0.3 is 0 Å². The number of hydrogen-bond donors (Lipinski definition) is 0. The van der Waals surface area contributed by atoms with Gasteiger partial charge in [0.15, 0.2) is 11.6 Å². The van der Waals surface area contributed by atoms with Crippen molar-refractivity contribution in [3.63, 3.8) is 0 Å². The first-order chi connectivity index (χ1) is 12.9. The van der Waals surface area contributed by atoms with Gasteiger partial charge in [-0.3, -0.25) is 4.40 Å². The van der Waals surface area contributed by atoms with E-state index in [1.807, 2.05) is 22.9 Å². The van der Waals surface area contributed by atoms with Crippen LogP contribution in [0.15, 0.2) is 34.7 Å². The van der Waals surface area contributed by atoms with Gasteiger partial charge in [-0.25, -0.2) is 17.8 Å². The number of nitrogens with zero attached hydrogens (tertiary/aromatic N) is 3. The maximum atomic E-state index is 14.0. The minimum absolute atomic E-state index is 0.0268. The predicted octanol–water partition coefficient (Wildman–Crippen LogP) is 3.42. The summed E-state index contributed by atoms with van der Waals surface area (Å²) in [6.45, 7) is 2.72. The zero-order valence-corrected chi connectivity index (χ0v) is 16.7. The molecule has 0 spiro atoms. The van der Waals surface area contributed by atoms with E-state index in [-0.39, 0.29) is 16.6 Å². The van der Waals surface area contributed by atoms with Gasteiger partial charge in [-0.2, -0.15) is 4.31 Å². The summed E-state index contributed by atoms with van der Waals surface area (Å²) in [6.07, 6.45) is 3.60. The molecule has 0 saturated carbocycles. The average molecular weight is 410 g/mol. The van der Waals surface area contributed by atoms with Gasteiger partial charge in [-0.1, -0.05) is 0 Å². The number of hydrogen-bond acceptors (Lipinski definition) is 5. The van der Waals surface area contributed by atoms with E-state index in [4.69, 9.17) is 4.74 Å². The molecule has 1 aromatic carbocycles. The highest BCUT2D eigenvalue weighted by molar-refractivity contribution is 7.89. The van der Waals surface area contributed by atoms with E-state index in [9.17, 15) is 12.8 Å². The van der Waals surface area contributed by atoms with Crippen molar-refractivity contribution in [3.05, 3.63) is 47.1 Å². The predicted molar refractivity (Wildman–Crippen MR) is 101 cm³/mol. The second kappa shape index (κ2) is 6.88. The summed E-state index contributed by atoms with van der Waals surface area (Å²) in [5, 5.41) is 2.00. The molecular weight excluding hydrogens is 389 g/mol. The molecule has 1 atom stereocenters. The summed E-state index contributed by atoms with van der Waals surface area (Å²) < 4.78 is 48.4. The Bertz CT molecular complexity index is 1090. The molecule has 1 aliphatic heterocycles. The number of imidazole rings is 1. The number of piperidine rings is 1. The number of sulfonamides is 1. The monoisotopic (exact) mass is 409 g/mol. The van der Waals surface area contributed by atoms with Gasteiger partial charge < -0.3 is 4.74 Å². The number of ether oxygens (including phenoxy) is 1. The summed E-state index contributed by atoms with van der Waals surface area (Å²) >= 11 is 1.61. The Balaban J connectivity index is 1.64. The standard InChI is InChI=1S/C18H20FN3O3S2/c1-12-20-17(18-22(12)8-9-26-18)13-4-3-7-21(11-13)27(23,24)14-5-6-16(25-2)15(19)10-14/h5-6,8-10,13H,3-4,7,11H2,1-2H3/t13-/m1/s1. The van der Waals surface area contributed by atoms with Crippen molar-refractivity contribution in [2.45, 2.75) is 30.6 Å². The van der Waals surface area contributed by atoms with Crippen molar-refractivity contribution >= 4 is 26.2 Å². The van der Waals surface area contributed by atoms with Crippen LogP contribution in [-0.4, -0.2) is 42.3 Å². The maximum Gasteiger partial charge on any atom is 0.243 e. The largest absolute Gasteiger partial charge is 0.494 e. The zero-order chi connectivity index (χ0) is 19.2. The summed E-state index contributed by atoms with van der Waals surface area (Å²) in [5.74, 6) is 0.272. The molecule has 0 bridgehead atoms. The first kappa shape index (κ1) is 18.4. The zero-order valence-electron chi connectivity index (χ0n) is 15.1. The molecule has 0 N–H and O–H groups in total. The van der Waals surface area contributed by atoms with E-state index < -0.39 is 15.8 Å². The van der Waals surface area contributed by atoms with Crippen LogP contribution in [0.1, 0.15) is 30.3 Å². The lowest BCUT2D eigenvalue weighted by atomic mass is 9.97. The molecule has 1 aliphatic rings.